The lowest BCUT2D eigenvalue weighted by atomic mass is 10.0. The number of nitriles is 1. The molecule has 1 aromatic carbocycles. The van der Waals surface area contributed by atoms with Crippen molar-refractivity contribution in [3.05, 3.63) is 28.3 Å². The molecular weight excluding hydrogens is 240 g/mol. The van der Waals surface area contributed by atoms with E-state index in [-0.39, 0.29) is 16.1 Å². The zero-order valence-corrected chi connectivity index (χ0v) is 8.89. The van der Waals surface area contributed by atoms with Crippen molar-refractivity contribution in [2.45, 2.75) is 13.5 Å². The van der Waals surface area contributed by atoms with Gasteiger partial charge in [0.05, 0.1) is 0 Å². The minimum atomic E-state index is -3.08. The smallest absolute Gasteiger partial charge is 0.387 e. The summed E-state index contributed by atoms with van der Waals surface area (Å²) in [6, 6.07) is 3.95. The summed E-state index contributed by atoms with van der Waals surface area (Å²) in [6.45, 7) is -1.87. The molecule has 0 saturated heterocycles. The number of ether oxygens (including phenoxy) is 1. The van der Waals surface area contributed by atoms with E-state index in [0.717, 1.165) is 6.07 Å². The van der Waals surface area contributed by atoms with Gasteiger partial charge < -0.3 is 4.74 Å². The van der Waals surface area contributed by atoms with Crippen LogP contribution in [0.2, 0.25) is 5.02 Å². The Morgan fingerprint density at radius 2 is 2.19 bits per heavy atom. The molecule has 0 bridgehead atoms. The first-order valence-corrected chi connectivity index (χ1v) is 4.53. The fourth-order valence-electron chi connectivity index (χ4n) is 1.16. The maximum absolute atomic E-state index is 12.0. The highest BCUT2D eigenvalue weighted by Crippen LogP contribution is 2.28. The van der Waals surface area contributed by atoms with Gasteiger partial charge in [0.2, 0.25) is 0 Å². The van der Waals surface area contributed by atoms with Crippen molar-refractivity contribution in [3.63, 3.8) is 0 Å². The number of nitrogens with zero attached hydrogens (tertiary/aromatic N) is 1. The Hall–Kier alpha value is -1.67. The van der Waals surface area contributed by atoms with Gasteiger partial charge in [0.1, 0.15) is 17.4 Å². The average molecular weight is 246 g/mol. The van der Waals surface area contributed by atoms with Crippen LogP contribution in [0.1, 0.15) is 22.8 Å². The molecule has 84 valence electrons. The lowest BCUT2D eigenvalue weighted by Gasteiger charge is -2.09. The second kappa shape index (κ2) is 4.90. The zero-order valence-electron chi connectivity index (χ0n) is 8.13. The van der Waals surface area contributed by atoms with E-state index in [4.69, 9.17) is 16.9 Å². The summed E-state index contributed by atoms with van der Waals surface area (Å²) < 4.78 is 28.2. The number of alkyl halides is 2. The third kappa shape index (κ3) is 2.67. The Bertz CT molecular complexity index is 469. The lowest BCUT2D eigenvalue weighted by Crippen LogP contribution is -2.06. The highest BCUT2D eigenvalue weighted by atomic mass is 35.5. The van der Waals surface area contributed by atoms with E-state index in [1.54, 1.807) is 6.07 Å². The summed E-state index contributed by atoms with van der Waals surface area (Å²) in [4.78, 5) is 11.2. The van der Waals surface area contributed by atoms with Crippen LogP contribution in [-0.4, -0.2) is 12.4 Å². The van der Waals surface area contributed by atoms with Crippen LogP contribution in [0.3, 0.4) is 0 Å². The van der Waals surface area contributed by atoms with Crippen LogP contribution in [0, 0.1) is 11.3 Å². The Labute approximate surface area is 95.2 Å². The van der Waals surface area contributed by atoms with E-state index in [0.29, 0.717) is 0 Å². The molecule has 0 aliphatic carbocycles. The average Bonchev–Trinajstić information content (AvgIpc) is 2.15. The van der Waals surface area contributed by atoms with Gasteiger partial charge in [0.25, 0.3) is 0 Å². The van der Waals surface area contributed by atoms with E-state index >= 15 is 0 Å². The Kier molecular flexibility index (Phi) is 3.80. The Morgan fingerprint density at radius 3 is 2.62 bits per heavy atom. The number of carbonyl (C=O) groups excluding carboxylic acids is 1. The fourth-order valence-corrected chi connectivity index (χ4v) is 1.37. The Balaban J connectivity index is 3.37. The first-order valence-electron chi connectivity index (χ1n) is 4.15. The van der Waals surface area contributed by atoms with Crippen LogP contribution in [-0.2, 0) is 0 Å². The van der Waals surface area contributed by atoms with Crippen molar-refractivity contribution >= 4 is 17.4 Å². The number of ketones is 1. The zero-order chi connectivity index (χ0) is 12.3. The predicted molar refractivity (Wildman–Crippen MR) is 52.8 cm³/mol. The van der Waals surface area contributed by atoms with E-state index in [9.17, 15) is 13.6 Å². The number of carbonyl (C=O) groups is 1. The van der Waals surface area contributed by atoms with Crippen LogP contribution in [0.4, 0.5) is 8.78 Å². The molecule has 0 aromatic heterocycles. The van der Waals surface area contributed by atoms with Crippen LogP contribution < -0.4 is 4.74 Å². The molecule has 1 aromatic rings. The van der Waals surface area contributed by atoms with Crippen LogP contribution in [0.25, 0.3) is 0 Å². The number of Topliss-reactive ketones (excluding diaryl/α,β-unsaturated/α-hetero) is 1. The van der Waals surface area contributed by atoms with Crippen molar-refractivity contribution in [2.24, 2.45) is 0 Å². The summed E-state index contributed by atoms with van der Waals surface area (Å²) in [7, 11) is 0. The summed E-state index contributed by atoms with van der Waals surface area (Å²) in [5, 5.41) is 8.84. The highest BCUT2D eigenvalue weighted by Gasteiger charge is 2.17. The molecule has 0 radical (unpaired) electrons. The second-order valence-corrected chi connectivity index (χ2v) is 3.31. The maximum Gasteiger partial charge on any atom is 0.387 e. The number of halogens is 3. The van der Waals surface area contributed by atoms with Crippen molar-refractivity contribution in [1.29, 1.82) is 5.26 Å². The lowest BCUT2D eigenvalue weighted by molar-refractivity contribution is -0.0500. The third-order valence-electron chi connectivity index (χ3n) is 1.77. The molecule has 16 heavy (non-hydrogen) atoms. The molecule has 6 heteroatoms. The van der Waals surface area contributed by atoms with Gasteiger partial charge in [-0.25, -0.2) is 0 Å². The largest absolute Gasteiger partial charge is 0.433 e. The summed E-state index contributed by atoms with van der Waals surface area (Å²) in [6.07, 6.45) is 0. The molecule has 0 unspecified atom stereocenters. The first-order chi connectivity index (χ1) is 7.45. The number of rotatable bonds is 3. The van der Waals surface area contributed by atoms with Crippen LogP contribution >= 0.6 is 11.6 Å². The molecule has 0 aliphatic rings. The normalized spacial score (nSPS) is 10.0. The van der Waals surface area contributed by atoms with Gasteiger partial charge in [-0.2, -0.15) is 14.0 Å². The standard InChI is InChI=1S/C10H6ClF2NO2/c1-5(15)7-2-6(11)3-9(8(7)4-14)16-10(12)13/h2-3,10H,1H3. The van der Waals surface area contributed by atoms with E-state index in [1.165, 1.54) is 13.0 Å². The van der Waals surface area contributed by atoms with Crippen LogP contribution in [0.15, 0.2) is 12.1 Å². The first kappa shape index (κ1) is 12.4. The molecule has 0 N–H and O–H groups in total. The summed E-state index contributed by atoms with van der Waals surface area (Å²) >= 11 is 5.62. The molecule has 0 saturated carbocycles. The summed E-state index contributed by atoms with van der Waals surface area (Å²) in [5.41, 5.74) is -0.275. The van der Waals surface area contributed by atoms with E-state index in [2.05, 4.69) is 4.74 Å². The third-order valence-corrected chi connectivity index (χ3v) is 1.99. The number of hydrogen-bond acceptors (Lipinski definition) is 3. The molecule has 0 heterocycles. The molecule has 0 atom stereocenters. The van der Waals surface area contributed by atoms with Gasteiger partial charge in [0.15, 0.2) is 5.78 Å². The molecule has 0 amide bonds. The van der Waals surface area contributed by atoms with Gasteiger partial charge in [-0.15, -0.1) is 0 Å². The minimum absolute atomic E-state index is 0.0364. The molecular formula is C10H6ClF2NO2. The second-order valence-electron chi connectivity index (χ2n) is 2.87. The van der Waals surface area contributed by atoms with Gasteiger partial charge in [-0.3, -0.25) is 4.79 Å². The monoisotopic (exact) mass is 245 g/mol. The Morgan fingerprint density at radius 1 is 1.56 bits per heavy atom. The fraction of sp³-hybridized carbons (Fsp3) is 0.200. The quantitative estimate of drug-likeness (QED) is 0.769. The van der Waals surface area contributed by atoms with Gasteiger partial charge in [-0.1, -0.05) is 11.6 Å². The van der Waals surface area contributed by atoms with Crippen molar-refractivity contribution in [3.8, 4) is 11.8 Å². The van der Waals surface area contributed by atoms with Gasteiger partial charge >= 0.3 is 6.61 Å². The highest BCUT2D eigenvalue weighted by molar-refractivity contribution is 6.31. The van der Waals surface area contributed by atoms with Gasteiger partial charge in [-0.05, 0) is 13.0 Å². The van der Waals surface area contributed by atoms with E-state index in [1.807, 2.05) is 0 Å². The van der Waals surface area contributed by atoms with E-state index < -0.39 is 18.1 Å². The molecule has 0 fully saturated rings. The molecule has 0 aliphatic heterocycles. The van der Waals surface area contributed by atoms with Crippen molar-refractivity contribution in [1.82, 2.24) is 0 Å². The number of benzene rings is 1. The van der Waals surface area contributed by atoms with Gasteiger partial charge in [0, 0.05) is 16.7 Å². The van der Waals surface area contributed by atoms with Crippen LogP contribution in [0.5, 0.6) is 5.75 Å². The molecule has 0 spiro atoms. The predicted octanol–water partition coefficient (Wildman–Crippen LogP) is 3.02. The SMILES string of the molecule is CC(=O)c1cc(Cl)cc(OC(F)F)c1C#N. The molecule has 3 nitrogen and oxygen atoms in total. The number of hydrogen-bond donors (Lipinski definition) is 0. The summed E-state index contributed by atoms with van der Waals surface area (Å²) in [5.74, 6) is -0.839. The van der Waals surface area contributed by atoms with Crippen molar-refractivity contribution < 1.29 is 18.3 Å². The minimum Gasteiger partial charge on any atom is -0.433 e. The van der Waals surface area contributed by atoms with Crippen molar-refractivity contribution in [2.75, 3.05) is 0 Å². The molecule has 1 rings (SSSR count). The topological polar surface area (TPSA) is 50.1 Å². The maximum atomic E-state index is 12.0.